The number of hydrogen-bond donors (Lipinski definition) is 2. The molecule has 1 heterocycles. The fraction of sp³-hybridized carbons (Fsp3) is 0.562. The van der Waals surface area contributed by atoms with E-state index in [-0.39, 0.29) is 30.7 Å². The zero-order valence-corrected chi connectivity index (χ0v) is 15.1. The molecule has 1 amide bonds. The van der Waals surface area contributed by atoms with Gasteiger partial charge in [0.15, 0.2) is 0 Å². The molecule has 22 heavy (non-hydrogen) atoms. The molecule has 6 heteroatoms. The largest absolute Gasteiger partial charge is 0.372 e. The smallest absolute Gasteiger partial charge is 0.247 e. The lowest BCUT2D eigenvalue weighted by atomic mass is 10.0. The summed E-state index contributed by atoms with van der Waals surface area (Å²) >= 11 is 0. The van der Waals surface area contributed by atoms with Crippen molar-refractivity contribution in [1.82, 2.24) is 4.90 Å². The highest BCUT2D eigenvalue weighted by atomic mass is 35.5. The number of rotatable bonds is 4. The fourth-order valence-electron chi connectivity index (χ4n) is 2.66. The Bertz CT molecular complexity index is 477. The van der Waals surface area contributed by atoms with Crippen LogP contribution in [0.25, 0.3) is 0 Å². The SMILES string of the molecule is Cc1ccc(NC(C)(C)C(=O)N2CCC(CN)C2)cc1.Cl.Cl. The molecule has 1 aliphatic heterocycles. The van der Waals surface area contributed by atoms with Crippen LogP contribution in [0, 0.1) is 12.8 Å². The van der Waals surface area contributed by atoms with Crippen molar-refractivity contribution in [1.29, 1.82) is 0 Å². The zero-order chi connectivity index (χ0) is 14.8. The van der Waals surface area contributed by atoms with E-state index in [2.05, 4.69) is 12.2 Å². The van der Waals surface area contributed by atoms with Gasteiger partial charge in [0.1, 0.15) is 5.54 Å². The number of aryl methyl sites for hydroxylation is 1. The molecular weight excluding hydrogens is 321 g/mol. The quantitative estimate of drug-likeness (QED) is 0.880. The number of amides is 1. The second kappa shape index (κ2) is 8.61. The molecule has 1 atom stereocenters. The first-order valence-corrected chi connectivity index (χ1v) is 7.26. The van der Waals surface area contributed by atoms with Gasteiger partial charge in [0.05, 0.1) is 0 Å². The third-order valence-corrected chi connectivity index (χ3v) is 3.95. The number of likely N-dealkylation sites (tertiary alicyclic amines) is 1. The van der Waals surface area contributed by atoms with Crippen molar-refractivity contribution in [3.63, 3.8) is 0 Å². The van der Waals surface area contributed by atoms with Crippen molar-refractivity contribution < 1.29 is 4.79 Å². The van der Waals surface area contributed by atoms with E-state index >= 15 is 0 Å². The summed E-state index contributed by atoms with van der Waals surface area (Å²) in [4.78, 5) is 14.6. The third kappa shape index (κ3) is 5.04. The van der Waals surface area contributed by atoms with E-state index in [1.165, 1.54) is 5.56 Å². The number of hydrogen-bond acceptors (Lipinski definition) is 3. The molecule has 1 aromatic carbocycles. The van der Waals surface area contributed by atoms with Crippen molar-refractivity contribution in [2.24, 2.45) is 11.7 Å². The Morgan fingerprint density at radius 1 is 1.32 bits per heavy atom. The maximum atomic E-state index is 12.6. The Labute approximate surface area is 145 Å². The van der Waals surface area contributed by atoms with Gasteiger partial charge >= 0.3 is 0 Å². The molecule has 1 unspecified atom stereocenters. The van der Waals surface area contributed by atoms with E-state index in [1.54, 1.807) is 0 Å². The van der Waals surface area contributed by atoms with Gasteiger partial charge in [0.25, 0.3) is 0 Å². The predicted octanol–water partition coefficient (Wildman–Crippen LogP) is 2.84. The average Bonchev–Trinajstić information content (AvgIpc) is 2.89. The standard InChI is InChI=1S/C16H25N3O.2ClH/c1-12-4-6-14(7-5-12)18-16(2,3)15(20)19-9-8-13(10-17)11-19;;/h4-7,13,18H,8-11,17H2,1-3H3;2*1H. The first-order chi connectivity index (χ1) is 9.42. The predicted molar refractivity (Wildman–Crippen MR) is 97.1 cm³/mol. The lowest BCUT2D eigenvalue weighted by molar-refractivity contribution is -0.134. The zero-order valence-electron chi connectivity index (χ0n) is 13.5. The van der Waals surface area contributed by atoms with Crippen LogP contribution < -0.4 is 11.1 Å². The minimum atomic E-state index is -0.598. The summed E-state index contributed by atoms with van der Waals surface area (Å²) in [6, 6.07) is 8.11. The van der Waals surface area contributed by atoms with Crippen LogP contribution in [0.2, 0.25) is 0 Å². The molecule has 1 aliphatic rings. The monoisotopic (exact) mass is 347 g/mol. The van der Waals surface area contributed by atoms with E-state index < -0.39 is 5.54 Å². The highest BCUT2D eigenvalue weighted by Gasteiger charge is 2.35. The second-order valence-corrected chi connectivity index (χ2v) is 6.26. The summed E-state index contributed by atoms with van der Waals surface area (Å²) in [5, 5.41) is 3.33. The van der Waals surface area contributed by atoms with Gasteiger partial charge in [-0.2, -0.15) is 0 Å². The molecule has 0 spiro atoms. The molecule has 0 aliphatic carbocycles. The van der Waals surface area contributed by atoms with Crippen LogP contribution in [-0.4, -0.2) is 36.0 Å². The van der Waals surface area contributed by atoms with Crippen LogP contribution in [0.3, 0.4) is 0 Å². The van der Waals surface area contributed by atoms with Crippen LogP contribution in [0.15, 0.2) is 24.3 Å². The summed E-state index contributed by atoms with van der Waals surface area (Å²) in [5.74, 6) is 0.600. The molecule has 0 aromatic heterocycles. The Morgan fingerprint density at radius 2 is 1.91 bits per heavy atom. The molecule has 2 rings (SSSR count). The maximum absolute atomic E-state index is 12.6. The molecule has 0 bridgehead atoms. The summed E-state index contributed by atoms with van der Waals surface area (Å²) in [6.07, 6.45) is 1.02. The maximum Gasteiger partial charge on any atom is 0.247 e. The molecule has 1 fully saturated rings. The second-order valence-electron chi connectivity index (χ2n) is 6.26. The molecule has 0 radical (unpaired) electrons. The van der Waals surface area contributed by atoms with Crippen molar-refractivity contribution in [3.05, 3.63) is 29.8 Å². The molecule has 0 saturated carbocycles. The number of nitrogens with one attached hydrogen (secondary N) is 1. The molecule has 1 saturated heterocycles. The minimum Gasteiger partial charge on any atom is -0.372 e. The van der Waals surface area contributed by atoms with Gasteiger partial charge in [0, 0.05) is 18.8 Å². The van der Waals surface area contributed by atoms with Gasteiger partial charge < -0.3 is 16.0 Å². The molecule has 3 N–H and O–H groups in total. The topological polar surface area (TPSA) is 58.4 Å². The van der Waals surface area contributed by atoms with Gasteiger partial charge in [-0.05, 0) is 51.8 Å². The van der Waals surface area contributed by atoms with E-state index in [0.717, 1.165) is 25.2 Å². The highest BCUT2D eigenvalue weighted by molar-refractivity contribution is 5.88. The normalized spacial score (nSPS) is 17.5. The van der Waals surface area contributed by atoms with Gasteiger partial charge in [0.2, 0.25) is 5.91 Å². The highest BCUT2D eigenvalue weighted by Crippen LogP contribution is 2.22. The van der Waals surface area contributed by atoms with Crippen LogP contribution in [0.1, 0.15) is 25.8 Å². The third-order valence-electron chi connectivity index (χ3n) is 3.95. The lowest BCUT2D eigenvalue weighted by Gasteiger charge is -2.31. The van der Waals surface area contributed by atoms with Gasteiger partial charge in [-0.25, -0.2) is 0 Å². The number of nitrogens with zero attached hydrogens (tertiary/aromatic N) is 1. The van der Waals surface area contributed by atoms with Crippen molar-refractivity contribution >= 4 is 36.4 Å². The summed E-state index contributed by atoms with van der Waals surface area (Å²) in [7, 11) is 0. The number of anilines is 1. The summed E-state index contributed by atoms with van der Waals surface area (Å²) < 4.78 is 0. The molecule has 4 nitrogen and oxygen atoms in total. The summed E-state index contributed by atoms with van der Waals surface area (Å²) in [6.45, 7) is 8.19. The van der Waals surface area contributed by atoms with E-state index in [0.29, 0.717) is 12.5 Å². The number of carbonyl (C=O) groups is 1. The number of carbonyl (C=O) groups excluding carboxylic acids is 1. The van der Waals surface area contributed by atoms with E-state index in [1.807, 2.05) is 43.0 Å². The minimum absolute atomic E-state index is 0. The number of halogens is 2. The van der Waals surface area contributed by atoms with Gasteiger partial charge in [-0.15, -0.1) is 24.8 Å². The first-order valence-electron chi connectivity index (χ1n) is 7.26. The van der Waals surface area contributed by atoms with Crippen molar-refractivity contribution in [3.8, 4) is 0 Å². The van der Waals surface area contributed by atoms with E-state index in [9.17, 15) is 4.79 Å². The van der Waals surface area contributed by atoms with Crippen LogP contribution >= 0.6 is 24.8 Å². The lowest BCUT2D eigenvalue weighted by Crippen LogP contribution is -2.49. The number of nitrogens with two attached hydrogens (primary N) is 1. The van der Waals surface area contributed by atoms with Crippen LogP contribution in [0.4, 0.5) is 5.69 Å². The van der Waals surface area contributed by atoms with Gasteiger partial charge in [-0.1, -0.05) is 17.7 Å². The van der Waals surface area contributed by atoms with Crippen molar-refractivity contribution in [2.75, 3.05) is 25.0 Å². The van der Waals surface area contributed by atoms with Crippen LogP contribution in [-0.2, 0) is 4.79 Å². The van der Waals surface area contributed by atoms with Crippen LogP contribution in [0.5, 0.6) is 0 Å². The first kappa shape index (κ1) is 21.0. The summed E-state index contributed by atoms with van der Waals surface area (Å²) in [5.41, 5.74) is 7.28. The Kier molecular flexibility index (Phi) is 8.23. The Hall–Kier alpha value is -0.970. The molecular formula is C16H27Cl2N3O. The fourth-order valence-corrected chi connectivity index (χ4v) is 2.66. The Morgan fingerprint density at radius 3 is 2.41 bits per heavy atom. The molecule has 1 aromatic rings. The van der Waals surface area contributed by atoms with Gasteiger partial charge in [-0.3, -0.25) is 4.79 Å². The average molecular weight is 348 g/mol. The Balaban J connectivity index is 0.00000220. The van der Waals surface area contributed by atoms with E-state index in [4.69, 9.17) is 5.73 Å². The molecule has 126 valence electrons. The van der Waals surface area contributed by atoms with Crippen molar-refractivity contribution in [2.45, 2.75) is 32.7 Å². The number of benzene rings is 1.